The van der Waals surface area contributed by atoms with Gasteiger partial charge in [-0.1, -0.05) is 20.8 Å². The minimum absolute atomic E-state index is 0.306. The summed E-state index contributed by atoms with van der Waals surface area (Å²) in [5.74, 6) is 1.81. The van der Waals surface area contributed by atoms with Crippen molar-refractivity contribution in [2.75, 3.05) is 19.4 Å². The first-order chi connectivity index (χ1) is 6.11. The van der Waals surface area contributed by atoms with Crippen molar-refractivity contribution in [3.63, 3.8) is 0 Å². The quantitative estimate of drug-likeness (QED) is 0.664. The Kier molecular flexibility index (Phi) is 7.81. The maximum atomic E-state index is 8.74. The molecule has 0 aromatic carbocycles. The van der Waals surface area contributed by atoms with Crippen LogP contribution in [0.25, 0.3) is 0 Å². The molecule has 0 aliphatic heterocycles. The predicted molar refractivity (Wildman–Crippen MR) is 61.3 cm³/mol. The normalized spacial score (nSPS) is 16.2. The van der Waals surface area contributed by atoms with Crippen molar-refractivity contribution in [3.05, 3.63) is 0 Å². The van der Waals surface area contributed by atoms with E-state index in [1.807, 2.05) is 18.8 Å². The maximum Gasteiger partial charge on any atom is 0.0441 e. The molecule has 0 aliphatic rings. The van der Waals surface area contributed by atoms with E-state index in [9.17, 15) is 0 Å². The lowest BCUT2D eigenvalue weighted by Gasteiger charge is -2.21. The fraction of sp³-hybridized carbons (Fsp3) is 1.00. The Balaban J connectivity index is 3.59. The Bertz CT molecular complexity index is 119. The Morgan fingerprint density at radius 1 is 1.31 bits per heavy atom. The number of nitrogens with one attached hydrogen (secondary N) is 1. The van der Waals surface area contributed by atoms with Gasteiger partial charge in [0.1, 0.15) is 0 Å². The summed E-state index contributed by atoms with van der Waals surface area (Å²) < 4.78 is 0. The van der Waals surface area contributed by atoms with E-state index in [1.54, 1.807) is 0 Å². The first-order valence-corrected chi connectivity index (χ1v) is 6.06. The topological polar surface area (TPSA) is 32.3 Å². The Labute approximate surface area is 86.5 Å². The average Bonchev–Trinajstić information content (AvgIpc) is 2.05. The Morgan fingerprint density at radius 3 is 2.31 bits per heavy atom. The van der Waals surface area contributed by atoms with Crippen LogP contribution in [0, 0.1) is 5.92 Å². The van der Waals surface area contributed by atoms with Crippen LogP contribution in [0.1, 0.15) is 27.2 Å². The van der Waals surface area contributed by atoms with E-state index >= 15 is 0 Å². The number of aliphatic hydroxyl groups is 1. The van der Waals surface area contributed by atoms with Crippen LogP contribution in [-0.4, -0.2) is 35.8 Å². The van der Waals surface area contributed by atoms with E-state index in [1.165, 1.54) is 0 Å². The van der Waals surface area contributed by atoms with Crippen LogP contribution < -0.4 is 5.32 Å². The zero-order valence-electron chi connectivity index (χ0n) is 9.21. The number of hydrogen-bond donors (Lipinski definition) is 2. The van der Waals surface area contributed by atoms with Crippen molar-refractivity contribution < 1.29 is 5.11 Å². The van der Waals surface area contributed by atoms with Gasteiger partial charge in [-0.25, -0.2) is 0 Å². The van der Waals surface area contributed by atoms with Gasteiger partial charge in [-0.3, -0.25) is 0 Å². The summed E-state index contributed by atoms with van der Waals surface area (Å²) in [6.07, 6.45) is 0.902. The molecule has 2 N–H and O–H groups in total. The average molecular weight is 205 g/mol. The van der Waals surface area contributed by atoms with E-state index < -0.39 is 0 Å². The van der Waals surface area contributed by atoms with Gasteiger partial charge in [-0.2, -0.15) is 11.8 Å². The van der Waals surface area contributed by atoms with Crippen LogP contribution >= 0.6 is 11.8 Å². The molecule has 0 bridgehead atoms. The molecule has 0 aliphatic carbocycles. The minimum Gasteiger partial charge on any atom is -0.396 e. The predicted octanol–water partition coefficient (Wildman–Crippen LogP) is 1.73. The molecule has 0 aromatic rings. The summed E-state index contributed by atoms with van der Waals surface area (Å²) in [6, 6.07) is 0.589. The van der Waals surface area contributed by atoms with Crippen LogP contribution in [0.3, 0.4) is 0 Å². The standard InChI is InChI=1S/C10H23NOS/c1-8(2)10(11-4)7-13-9(3)5-6-12/h8-12H,5-7H2,1-4H3. The van der Waals surface area contributed by atoms with Gasteiger partial charge in [0.25, 0.3) is 0 Å². The van der Waals surface area contributed by atoms with Gasteiger partial charge >= 0.3 is 0 Å². The lowest BCUT2D eigenvalue weighted by molar-refractivity contribution is 0.289. The third-order valence-electron chi connectivity index (χ3n) is 2.27. The zero-order chi connectivity index (χ0) is 10.3. The highest BCUT2D eigenvalue weighted by Gasteiger charge is 2.12. The van der Waals surface area contributed by atoms with Crippen molar-refractivity contribution in [2.45, 2.75) is 38.5 Å². The molecule has 0 amide bonds. The first-order valence-electron chi connectivity index (χ1n) is 5.01. The van der Waals surface area contributed by atoms with Crippen LogP contribution in [0.5, 0.6) is 0 Å². The molecule has 0 spiro atoms. The molecule has 0 saturated carbocycles. The lowest BCUT2D eigenvalue weighted by Crippen LogP contribution is -2.33. The maximum absolute atomic E-state index is 8.74. The van der Waals surface area contributed by atoms with Crippen LogP contribution in [0.2, 0.25) is 0 Å². The highest BCUT2D eigenvalue weighted by atomic mass is 32.2. The second-order valence-electron chi connectivity index (χ2n) is 3.80. The van der Waals surface area contributed by atoms with Crippen molar-refractivity contribution in [2.24, 2.45) is 5.92 Å². The van der Waals surface area contributed by atoms with Crippen LogP contribution in [0.4, 0.5) is 0 Å². The number of aliphatic hydroxyl groups excluding tert-OH is 1. The summed E-state index contributed by atoms with van der Waals surface area (Å²) >= 11 is 1.94. The van der Waals surface area contributed by atoms with Crippen molar-refractivity contribution >= 4 is 11.8 Å². The Hall–Kier alpha value is 0.270. The molecule has 13 heavy (non-hydrogen) atoms. The van der Waals surface area contributed by atoms with E-state index in [-0.39, 0.29) is 0 Å². The summed E-state index contributed by atoms with van der Waals surface area (Å²) in [5, 5.41) is 12.6. The molecule has 0 saturated heterocycles. The Morgan fingerprint density at radius 2 is 1.92 bits per heavy atom. The van der Waals surface area contributed by atoms with Crippen molar-refractivity contribution in [1.82, 2.24) is 5.32 Å². The van der Waals surface area contributed by atoms with Gasteiger partial charge in [-0.05, 0) is 19.4 Å². The fourth-order valence-electron chi connectivity index (χ4n) is 1.14. The van der Waals surface area contributed by atoms with Gasteiger partial charge in [0.05, 0.1) is 0 Å². The van der Waals surface area contributed by atoms with Gasteiger partial charge in [0, 0.05) is 23.7 Å². The summed E-state index contributed by atoms with van der Waals surface area (Å²) in [6.45, 7) is 6.95. The third-order valence-corrected chi connectivity index (χ3v) is 3.63. The molecule has 80 valence electrons. The smallest absolute Gasteiger partial charge is 0.0441 e. The zero-order valence-corrected chi connectivity index (χ0v) is 10.0. The van der Waals surface area contributed by atoms with Gasteiger partial charge in [0.15, 0.2) is 0 Å². The highest BCUT2D eigenvalue weighted by Crippen LogP contribution is 2.17. The SMILES string of the molecule is CNC(CSC(C)CCO)C(C)C. The largest absolute Gasteiger partial charge is 0.396 e. The second-order valence-corrected chi connectivity index (χ2v) is 5.27. The van der Waals surface area contributed by atoms with Crippen molar-refractivity contribution in [3.8, 4) is 0 Å². The molecule has 2 atom stereocenters. The van der Waals surface area contributed by atoms with Gasteiger partial charge < -0.3 is 10.4 Å². The van der Waals surface area contributed by atoms with Crippen LogP contribution in [0.15, 0.2) is 0 Å². The molecule has 2 unspecified atom stereocenters. The fourth-order valence-corrected chi connectivity index (χ4v) is 2.50. The van der Waals surface area contributed by atoms with E-state index in [4.69, 9.17) is 5.11 Å². The van der Waals surface area contributed by atoms with Gasteiger partial charge in [-0.15, -0.1) is 0 Å². The third kappa shape index (κ3) is 6.36. The molecule has 0 aromatic heterocycles. The monoisotopic (exact) mass is 205 g/mol. The molecule has 2 nitrogen and oxygen atoms in total. The number of hydrogen-bond acceptors (Lipinski definition) is 3. The molecular formula is C10H23NOS. The van der Waals surface area contributed by atoms with Crippen molar-refractivity contribution in [1.29, 1.82) is 0 Å². The van der Waals surface area contributed by atoms with E-state index in [0.29, 0.717) is 23.8 Å². The lowest BCUT2D eigenvalue weighted by atomic mass is 10.1. The minimum atomic E-state index is 0.306. The van der Waals surface area contributed by atoms with Crippen LogP contribution in [-0.2, 0) is 0 Å². The molecule has 0 radical (unpaired) electrons. The summed E-state index contributed by atoms with van der Waals surface area (Å²) in [4.78, 5) is 0. The summed E-state index contributed by atoms with van der Waals surface area (Å²) in [5.41, 5.74) is 0. The molecule has 3 heteroatoms. The second kappa shape index (κ2) is 7.65. The van der Waals surface area contributed by atoms with Gasteiger partial charge in [0.2, 0.25) is 0 Å². The number of rotatable bonds is 7. The first kappa shape index (κ1) is 13.3. The van der Waals surface area contributed by atoms with E-state index in [0.717, 1.165) is 12.2 Å². The van der Waals surface area contributed by atoms with E-state index in [2.05, 4.69) is 26.1 Å². The molecule has 0 rings (SSSR count). The molecular weight excluding hydrogens is 182 g/mol. The molecule has 0 heterocycles. The number of thioether (sulfide) groups is 1. The highest BCUT2D eigenvalue weighted by molar-refractivity contribution is 7.99. The summed E-state index contributed by atoms with van der Waals surface area (Å²) in [7, 11) is 2.02. The molecule has 0 fully saturated rings.